The van der Waals surface area contributed by atoms with E-state index in [0.717, 1.165) is 0 Å². The summed E-state index contributed by atoms with van der Waals surface area (Å²) in [6, 6.07) is 0. The summed E-state index contributed by atoms with van der Waals surface area (Å²) in [5.41, 5.74) is 0. The summed E-state index contributed by atoms with van der Waals surface area (Å²) in [5, 5.41) is 0.158. The van der Waals surface area contributed by atoms with Crippen molar-refractivity contribution in [3.8, 4) is 0 Å². The Kier molecular flexibility index (Phi) is 8.48. The summed E-state index contributed by atoms with van der Waals surface area (Å²) in [7, 11) is -4.10. The fraction of sp³-hybridized carbons (Fsp3) is 0.950. The molecule has 5 atom stereocenters. The fourth-order valence-corrected chi connectivity index (χ4v) is 6.38. The minimum Gasteiger partial charge on any atom is -0.435 e. The summed E-state index contributed by atoms with van der Waals surface area (Å²) in [5.74, 6) is -0.339. The number of esters is 1. The van der Waals surface area contributed by atoms with Crippen molar-refractivity contribution in [2.75, 3.05) is 0 Å². The molecule has 1 heterocycles. The lowest BCUT2D eigenvalue weighted by atomic mass is 10.0. The summed E-state index contributed by atoms with van der Waals surface area (Å²) < 4.78 is 25.1. The van der Waals surface area contributed by atoms with Gasteiger partial charge in [0.2, 0.25) is 6.29 Å². The number of hydrogen-bond acceptors (Lipinski definition) is 5. The van der Waals surface area contributed by atoms with Crippen LogP contribution < -0.4 is 0 Å². The largest absolute Gasteiger partial charge is 0.435 e. The number of halogens is 1. The van der Waals surface area contributed by atoms with Gasteiger partial charge in [-0.3, -0.25) is 4.79 Å². The second-order valence-corrected chi connectivity index (χ2v) is 21.9. The molecule has 1 rings (SSSR count). The molecule has 0 aliphatic carbocycles. The second kappa shape index (κ2) is 8.94. The first-order valence-electron chi connectivity index (χ1n) is 10.1. The van der Waals surface area contributed by atoms with E-state index in [1.54, 1.807) is 0 Å². The van der Waals surface area contributed by atoms with Crippen molar-refractivity contribution < 1.29 is 23.1 Å². The number of carbonyl (C=O) groups is 1. The van der Waals surface area contributed by atoms with Crippen LogP contribution in [-0.2, 0) is 23.1 Å². The van der Waals surface area contributed by atoms with Gasteiger partial charge in [-0.2, -0.15) is 0 Å². The van der Waals surface area contributed by atoms with Crippen molar-refractivity contribution >= 4 is 45.2 Å². The minimum absolute atomic E-state index is 0.0728. The van der Waals surface area contributed by atoms with E-state index in [1.807, 2.05) is 6.92 Å². The van der Waals surface area contributed by atoms with Gasteiger partial charge >= 0.3 is 5.97 Å². The minimum atomic E-state index is -2.06. The smallest absolute Gasteiger partial charge is 0.304 e. The molecule has 0 saturated carbocycles. The molecular formula is C20H41IO5Si2. The molecule has 1 saturated heterocycles. The average Bonchev–Trinajstić information content (AvgIpc) is 2.45. The Morgan fingerprint density at radius 2 is 1.29 bits per heavy atom. The third-order valence-electron chi connectivity index (χ3n) is 6.46. The molecule has 1 fully saturated rings. The monoisotopic (exact) mass is 544 g/mol. The van der Waals surface area contributed by atoms with Gasteiger partial charge in [-0.1, -0.05) is 64.1 Å². The lowest BCUT2D eigenvalue weighted by molar-refractivity contribution is -0.229. The molecule has 0 aromatic carbocycles. The van der Waals surface area contributed by atoms with Crippen molar-refractivity contribution in [3.63, 3.8) is 0 Å². The summed E-state index contributed by atoms with van der Waals surface area (Å²) >= 11 is 2.31. The first-order chi connectivity index (χ1) is 12.3. The van der Waals surface area contributed by atoms with Gasteiger partial charge in [0.1, 0.15) is 3.92 Å². The number of ether oxygens (including phenoxy) is 2. The van der Waals surface area contributed by atoms with Crippen molar-refractivity contribution in [1.82, 2.24) is 0 Å². The van der Waals surface area contributed by atoms with Crippen molar-refractivity contribution in [3.05, 3.63) is 0 Å². The van der Waals surface area contributed by atoms with Crippen LogP contribution in [0.1, 0.15) is 55.4 Å². The van der Waals surface area contributed by atoms with Gasteiger partial charge in [0.15, 0.2) is 16.6 Å². The highest BCUT2D eigenvalue weighted by Gasteiger charge is 2.52. The highest BCUT2D eigenvalue weighted by atomic mass is 127. The van der Waals surface area contributed by atoms with E-state index < -0.39 is 22.9 Å². The van der Waals surface area contributed by atoms with E-state index in [4.69, 9.17) is 18.3 Å². The third kappa shape index (κ3) is 6.26. The summed E-state index contributed by atoms with van der Waals surface area (Å²) in [6.45, 7) is 25.8. The van der Waals surface area contributed by atoms with Crippen LogP contribution in [0.4, 0.5) is 0 Å². The van der Waals surface area contributed by atoms with E-state index >= 15 is 0 Å². The van der Waals surface area contributed by atoms with Crippen LogP contribution in [0, 0.1) is 0 Å². The van der Waals surface area contributed by atoms with Crippen molar-refractivity contribution in [1.29, 1.82) is 0 Å². The number of alkyl halides is 1. The molecule has 0 N–H and O–H groups in total. The molecular weight excluding hydrogens is 503 g/mol. The Bertz CT molecular complexity index is 554. The predicted molar refractivity (Wildman–Crippen MR) is 128 cm³/mol. The zero-order valence-corrected chi connectivity index (χ0v) is 24.0. The van der Waals surface area contributed by atoms with Gasteiger partial charge in [0.25, 0.3) is 0 Å². The molecule has 5 nitrogen and oxygen atoms in total. The molecule has 0 spiro atoms. The normalized spacial score (nSPS) is 30.2. The van der Waals surface area contributed by atoms with Gasteiger partial charge < -0.3 is 18.3 Å². The molecule has 0 bridgehead atoms. The maximum atomic E-state index is 11.6. The van der Waals surface area contributed by atoms with Crippen LogP contribution in [0.25, 0.3) is 0 Å². The average molecular weight is 545 g/mol. The lowest BCUT2D eigenvalue weighted by Gasteiger charge is -2.51. The van der Waals surface area contributed by atoms with Crippen LogP contribution >= 0.6 is 22.6 Å². The van der Waals surface area contributed by atoms with E-state index in [1.165, 1.54) is 6.92 Å². The standard InChI is InChI=1S/C20H41IO5Si2/c1-13-16(25-27(9,10)19(3,4)5)17(26-28(11,12)20(6,7)8)15(21)18(23-13)24-14(2)22/h13,15-18H,1-12H3/t13-,15+,16+,17+,18-/m0/s1. The van der Waals surface area contributed by atoms with Gasteiger partial charge in [-0.25, -0.2) is 0 Å². The molecule has 0 unspecified atom stereocenters. The van der Waals surface area contributed by atoms with Crippen LogP contribution in [0.2, 0.25) is 36.3 Å². The Hall–Kier alpha value is 0.514. The fourth-order valence-electron chi connectivity index (χ4n) is 2.55. The maximum Gasteiger partial charge on any atom is 0.304 e. The van der Waals surface area contributed by atoms with Crippen LogP contribution in [0.15, 0.2) is 0 Å². The summed E-state index contributed by atoms with van der Waals surface area (Å²) in [4.78, 5) is 11.6. The maximum absolute atomic E-state index is 11.6. The quantitative estimate of drug-likeness (QED) is 0.187. The first-order valence-corrected chi connectivity index (χ1v) is 17.2. The molecule has 1 aliphatic rings. The Labute approximate surface area is 188 Å². The Balaban J connectivity index is 3.28. The predicted octanol–water partition coefficient (Wildman–Crippen LogP) is 5.88. The van der Waals surface area contributed by atoms with Gasteiger partial charge in [0, 0.05) is 6.92 Å². The molecule has 1 aliphatic heterocycles. The van der Waals surface area contributed by atoms with Crippen LogP contribution in [0.5, 0.6) is 0 Å². The molecule has 8 heteroatoms. The molecule has 28 heavy (non-hydrogen) atoms. The van der Waals surface area contributed by atoms with Crippen LogP contribution in [0.3, 0.4) is 0 Å². The van der Waals surface area contributed by atoms with E-state index in [9.17, 15) is 4.79 Å². The first kappa shape index (κ1) is 26.5. The topological polar surface area (TPSA) is 54.0 Å². The molecule has 0 aromatic heterocycles. The van der Waals surface area contributed by atoms with Gasteiger partial charge in [-0.15, -0.1) is 0 Å². The van der Waals surface area contributed by atoms with E-state index in [-0.39, 0.29) is 38.3 Å². The van der Waals surface area contributed by atoms with E-state index in [0.29, 0.717) is 0 Å². The van der Waals surface area contributed by atoms with E-state index in [2.05, 4.69) is 90.3 Å². The van der Waals surface area contributed by atoms with Crippen LogP contribution in [-0.4, -0.2) is 51.1 Å². The zero-order chi connectivity index (χ0) is 22.3. The summed E-state index contributed by atoms with van der Waals surface area (Å²) in [6.07, 6.45) is -1.23. The highest BCUT2D eigenvalue weighted by molar-refractivity contribution is 14.1. The molecule has 0 amide bonds. The Morgan fingerprint density at radius 1 is 0.893 bits per heavy atom. The SMILES string of the molecule is CC(=O)O[C@@H]1O[C@@H](C)[C@@H](O[Si](C)(C)C(C)(C)C)[C@H](O[Si](C)(C)C(C)(C)C)[C@H]1I. The van der Waals surface area contributed by atoms with Gasteiger partial charge in [0.05, 0.1) is 18.3 Å². The molecule has 166 valence electrons. The molecule has 0 radical (unpaired) electrons. The zero-order valence-electron chi connectivity index (χ0n) is 19.8. The number of rotatable bonds is 5. The number of carbonyl (C=O) groups excluding carboxylic acids is 1. The third-order valence-corrected chi connectivity index (χ3v) is 16.7. The van der Waals surface area contributed by atoms with Crippen molar-refractivity contribution in [2.45, 2.75) is 120 Å². The molecule has 0 aromatic rings. The second-order valence-electron chi connectivity index (χ2n) is 10.9. The Morgan fingerprint density at radius 3 is 1.64 bits per heavy atom. The highest BCUT2D eigenvalue weighted by Crippen LogP contribution is 2.44. The number of hydrogen-bond donors (Lipinski definition) is 0. The van der Waals surface area contributed by atoms with Crippen molar-refractivity contribution in [2.24, 2.45) is 0 Å². The lowest BCUT2D eigenvalue weighted by Crippen LogP contribution is -2.63. The van der Waals surface area contributed by atoms with Gasteiger partial charge in [-0.05, 0) is 43.2 Å².